The van der Waals surface area contributed by atoms with Gasteiger partial charge in [0.15, 0.2) is 5.43 Å². The highest BCUT2D eigenvalue weighted by atomic mass is 32.1. The van der Waals surface area contributed by atoms with Crippen LogP contribution in [-0.4, -0.2) is 23.4 Å². The van der Waals surface area contributed by atoms with Crippen molar-refractivity contribution in [3.8, 4) is 0 Å². The van der Waals surface area contributed by atoms with Gasteiger partial charge in [-0.2, -0.15) is 0 Å². The van der Waals surface area contributed by atoms with Crippen molar-refractivity contribution >= 4 is 31.5 Å². The first-order valence-corrected chi connectivity index (χ1v) is 7.76. The Labute approximate surface area is 126 Å². The zero-order valence-corrected chi connectivity index (χ0v) is 12.3. The first-order valence-electron chi connectivity index (χ1n) is 6.94. The molecule has 0 saturated carbocycles. The van der Waals surface area contributed by atoms with Gasteiger partial charge in [0.2, 0.25) is 0 Å². The van der Waals surface area contributed by atoms with Gasteiger partial charge in [-0.3, -0.25) is 4.79 Å². The summed E-state index contributed by atoms with van der Waals surface area (Å²) in [7, 11) is 0. The molecule has 0 saturated heterocycles. The van der Waals surface area contributed by atoms with E-state index in [0.29, 0.717) is 18.2 Å². The summed E-state index contributed by atoms with van der Waals surface area (Å²) in [6.07, 6.45) is 0.940. The second kappa shape index (κ2) is 5.93. The molecule has 0 atom stereocenters. The molecule has 4 heteroatoms. The number of aliphatic hydroxyl groups is 2. The van der Waals surface area contributed by atoms with Gasteiger partial charge in [-0.25, -0.2) is 0 Å². The van der Waals surface area contributed by atoms with Crippen molar-refractivity contribution in [2.24, 2.45) is 0 Å². The highest BCUT2D eigenvalue weighted by Gasteiger charge is 2.13. The van der Waals surface area contributed by atoms with Crippen LogP contribution in [0.2, 0.25) is 0 Å². The maximum atomic E-state index is 12.8. The molecule has 3 nitrogen and oxygen atoms in total. The van der Waals surface area contributed by atoms with E-state index in [-0.39, 0.29) is 18.6 Å². The molecule has 0 aliphatic carbocycles. The van der Waals surface area contributed by atoms with E-state index in [1.54, 1.807) is 11.3 Å². The highest BCUT2D eigenvalue weighted by molar-refractivity contribution is 7.24. The third kappa shape index (κ3) is 2.46. The lowest BCUT2D eigenvalue weighted by molar-refractivity contribution is 0.293. The van der Waals surface area contributed by atoms with Crippen LogP contribution in [0.25, 0.3) is 20.2 Å². The summed E-state index contributed by atoms with van der Waals surface area (Å²) in [5.74, 6) is 0. The number of fused-ring (bicyclic) bond motifs is 2. The van der Waals surface area contributed by atoms with Crippen LogP contribution in [-0.2, 0) is 12.8 Å². The van der Waals surface area contributed by atoms with Gasteiger partial charge in [0.25, 0.3) is 0 Å². The molecule has 1 heterocycles. The Morgan fingerprint density at radius 1 is 0.905 bits per heavy atom. The van der Waals surface area contributed by atoms with Crippen LogP contribution >= 0.6 is 11.3 Å². The molecule has 0 bridgehead atoms. The summed E-state index contributed by atoms with van der Waals surface area (Å²) < 4.78 is 1.91. The number of benzene rings is 2. The fourth-order valence-corrected chi connectivity index (χ4v) is 3.86. The topological polar surface area (TPSA) is 57.5 Å². The van der Waals surface area contributed by atoms with E-state index in [1.807, 2.05) is 36.4 Å². The summed E-state index contributed by atoms with van der Waals surface area (Å²) in [4.78, 5) is 12.8. The van der Waals surface area contributed by atoms with Gasteiger partial charge in [0, 0.05) is 33.4 Å². The lowest BCUT2D eigenvalue weighted by atomic mass is 9.97. The van der Waals surface area contributed by atoms with E-state index in [0.717, 1.165) is 25.9 Å². The number of aliphatic hydroxyl groups excluding tert-OH is 2. The van der Waals surface area contributed by atoms with Crippen molar-refractivity contribution < 1.29 is 10.2 Å². The number of rotatable bonds is 4. The molecular formula is C17H16O3S. The van der Waals surface area contributed by atoms with Gasteiger partial charge in [0.05, 0.1) is 0 Å². The minimum absolute atomic E-state index is 0.00548. The Hall–Kier alpha value is -1.75. The van der Waals surface area contributed by atoms with Crippen LogP contribution in [0.4, 0.5) is 0 Å². The van der Waals surface area contributed by atoms with Gasteiger partial charge in [-0.15, -0.1) is 11.3 Å². The third-order valence-electron chi connectivity index (χ3n) is 3.69. The minimum atomic E-state index is -0.00548. The van der Waals surface area contributed by atoms with Crippen LogP contribution < -0.4 is 5.43 Å². The molecule has 0 aliphatic heterocycles. The average Bonchev–Trinajstić information content (AvgIpc) is 2.50. The largest absolute Gasteiger partial charge is 0.396 e. The van der Waals surface area contributed by atoms with Crippen molar-refractivity contribution in [2.45, 2.75) is 12.8 Å². The maximum absolute atomic E-state index is 12.8. The van der Waals surface area contributed by atoms with Gasteiger partial charge in [-0.1, -0.05) is 18.2 Å². The van der Waals surface area contributed by atoms with Crippen molar-refractivity contribution in [1.82, 2.24) is 0 Å². The fraction of sp³-hybridized carbons (Fsp3) is 0.235. The third-order valence-corrected chi connectivity index (χ3v) is 4.83. The molecule has 0 radical (unpaired) electrons. The number of hydrogen-bond acceptors (Lipinski definition) is 4. The Kier molecular flexibility index (Phi) is 4.01. The molecule has 108 valence electrons. The van der Waals surface area contributed by atoms with Crippen molar-refractivity contribution in [3.05, 3.63) is 57.7 Å². The minimum Gasteiger partial charge on any atom is -0.396 e. The van der Waals surface area contributed by atoms with E-state index >= 15 is 0 Å². The quantitative estimate of drug-likeness (QED) is 0.728. The standard InChI is InChI=1S/C17H16O3S/c18-9-7-11-5-6-15-16(12(11)8-10-19)17(20)13-3-1-2-4-14(13)21-15/h1-6,18-19H,7-10H2. The maximum Gasteiger partial charge on any atom is 0.196 e. The van der Waals surface area contributed by atoms with Crippen molar-refractivity contribution in [1.29, 1.82) is 0 Å². The molecule has 0 amide bonds. The Balaban J connectivity index is 2.42. The normalized spacial score (nSPS) is 11.3. The lowest BCUT2D eigenvalue weighted by Gasteiger charge is -2.11. The van der Waals surface area contributed by atoms with Crippen LogP contribution in [0, 0.1) is 0 Å². The van der Waals surface area contributed by atoms with E-state index in [4.69, 9.17) is 0 Å². The van der Waals surface area contributed by atoms with Crippen LogP contribution in [0.1, 0.15) is 11.1 Å². The first-order chi connectivity index (χ1) is 10.3. The summed E-state index contributed by atoms with van der Waals surface area (Å²) in [6, 6.07) is 11.5. The predicted molar refractivity (Wildman–Crippen MR) is 87.2 cm³/mol. The van der Waals surface area contributed by atoms with E-state index < -0.39 is 0 Å². The Morgan fingerprint density at radius 3 is 2.43 bits per heavy atom. The molecule has 3 rings (SSSR count). The van der Waals surface area contributed by atoms with Crippen molar-refractivity contribution in [3.63, 3.8) is 0 Å². The van der Waals surface area contributed by atoms with Gasteiger partial charge < -0.3 is 10.2 Å². The molecule has 2 aromatic carbocycles. The summed E-state index contributed by atoms with van der Waals surface area (Å²) in [6.45, 7) is 0.0314. The van der Waals surface area contributed by atoms with Gasteiger partial charge >= 0.3 is 0 Å². The fourth-order valence-electron chi connectivity index (χ4n) is 2.75. The van der Waals surface area contributed by atoms with Crippen LogP contribution in [0.3, 0.4) is 0 Å². The summed E-state index contributed by atoms with van der Waals surface area (Å²) in [5.41, 5.74) is 1.83. The van der Waals surface area contributed by atoms with Crippen LogP contribution in [0.15, 0.2) is 41.2 Å². The molecule has 0 fully saturated rings. The molecular weight excluding hydrogens is 284 g/mol. The summed E-state index contributed by atoms with van der Waals surface area (Å²) in [5, 5.41) is 19.9. The Bertz CT molecular complexity index is 852. The molecule has 1 aromatic heterocycles. The second-order valence-corrected chi connectivity index (χ2v) is 6.03. The van der Waals surface area contributed by atoms with Crippen LogP contribution in [0.5, 0.6) is 0 Å². The molecule has 0 unspecified atom stereocenters. The smallest absolute Gasteiger partial charge is 0.196 e. The van der Waals surface area contributed by atoms with Gasteiger partial charge in [0.1, 0.15) is 0 Å². The molecule has 21 heavy (non-hydrogen) atoms. The number of hydrogen-bond donors (Lipinski definition) is 2. The first kappa shape index (κ1) is 14.2. The van der Waals surface area contributed by atoms with E-state index in [1.165, 1.54) is 0 Å². The summed E-state index contributed by atoms with van der Waals surface area (Å²) >= 11 is 1.59. The van der Waals surface area contributed by atoms with Crippen molar-refractivity contribution in [2.75, 3.05) is 13.2 Å². The second-order valence-electron chi connectivity index (χ2n) is 4.95. The molecule has 0 aliphatic rings. The average molecular weight is 300 g/mol. The highest BCUT2D eigenvalue weighted by Crippen LogP contribution is 2.28. The molecule has 2 N–H and O–H groups in total. The zero-order valence-electron chi connectivity index (χ0n) is 11.5. The Morgan fingerprint density at radius 2 is 1.67 bits per heavy atom. The molecule has 0 spiro atoms. The zero-order chi connectivity index (χ0) is 14.8. The SMILES string of the molecule is O=c1c2ccccc2sc2ccc(CCO)c(CCO)c12. The molecule has 3 aromatic rings. The van der Waals surface area contributed by atoms with E-state index in [9.17, 15) is 15.0 Å². The monoisotopic (exact) mass is 300 g/mol. The lowest BCUT2D eigenvalue weighted by Crippen LogP contribution is -2.09. The van der Waals surface area contributed by atoms with E-state index in [2.05, 4.69) is 0 Å². The van der Waals surface area contributed by atoms with Gasteiger partial charge in [-0.05, 0) is 42.2 Å². The predicted octanol–water partition coefficient (Wildman–Crippen LogP) is 2.48.